The maximum atomic E-state index is 12.2. The van der Waals surface area contributed by atoms with E-state index in [1.807, 2.05) is 39.8 Å². The van der Waals surface area contributed by atoms with Crippen molar-refractivity contribution < 1.29 is 9.90 Å². The van der Waals surface area contributed by atoms with Crippen molar-refractivity contribution >= 4 is 5.91 Å². The van der Waals surface area contributed by atoms with E-state index in [0.717, 1.165) is 5.56 Å². The highest BCUT2D eigenvalue weighted by Gasteiger charge is 2.17. The van der Waals surface area contributed by atoms with Crippen LogP contribution in [0.3, 0.4) is 0 Å². The summed E-state index contributed by atoms with van der Waals surface area (Å²) in [6, 6.07) is 5.58. The number of aliphatic hydroxyl groups is 1. The monoisotopic (exact) mass is 259 g/mol. The number of hydrogen-bond donors (Lipinski definition) is 2. The van der Waals surface area contributed by atoms with Gasteiger partial charge in [-0.2, -0.15) is 0 Å². The summed E-state index contributed by atoms with van der Waals surface area (Å²) in [6.45, 7) is 7.81. The highest BCUT2D eigenvalue weighted by molar-refractivity contribution is 5.97. The Labute approximate surface area is 115 Å². The van der Waals surface area contributed by atoms with Gasteiger partial charge in [0.15, 0.2) is 0 Å². The second-order valence-corrected chi connectivity index (χ2v) is 5.53. The molecule has 1 aromatic carbocycles. The number of rotatable bonds is 2. The smallest absolute Gasteiger partial charge is 0.252 e. The zero-order valence-electron chi connectivity index (χ0n) is 12.0. The Balaban J connectivity index is 3.07. The molecule has 1 rings (SSSR count). The van der Waals surface area contributed by atoms with Crippen LogP contribution >= 0.6 is 0 Å². The lowest BCUT2D eigenvalue weighted by atomic mass is 10.0. The molecule has 1 aromatic rings. The van der Waals surface area contributed by atoms with Crippen LogP contribution in [0.5, 0.6) is 0 Å². The first kappa shape index (κ1) is 15.3. The highest BCUT2D eigenvalue weighted by Crippen LogP contribution is 2.12. The fourth-order valence-electron chi connectivity index (χ4n) is 1.58. The van der Waals surface area contributed by atoms with Gasteiger partial charge >= 0.3 is 0 Å². The van der Waals surface area contributed by atoms with Crippen molar-refractivity contribution in [2.45, 2.75) is 39.7 Å². The molecule has 0 bridgehead atoms. The molecule has 2 N–H and O–H groups in total. The van der Waals surface area contributed by atoms with Gasteiger partial charge in [0.25, 0.3) is 5.91 Å². The first-order valence-corrected chi connectivity index (χ1v) is 6.36. The number of aryl methyl sites for hydroxylation is 1. The summed E-state index contributed by atoms with van der Waals surface area (Å²) in [5.74, 6) is 5.68. The highest BCUT2D eigenvalue weighted by atomic mass is 16.2. The number of nitrogens with one attached hydrogen (secondary N) is 1. The Morgan fingerprint density at radius 3 is 2.63 bits per heavy atom. The number of carbonyl (C=O) groups is 1. The van der Waals surface area contributed by atoms with Crippen molar-refractivity contribution in [1.29, 1.82) is 0 Å². The van der Waals surface area contributed by atoms with Gasteiger partial charge in [-0.3, -0.25) is 4.79 Å². The minimum absolute atomic E-state index is 0.0301. The zero-order chi connectivity index (χ0) is 14.5. The van der Waals surface area contributed by atoms with E-state index in [9.17, 15) is 4.79 Å². The minimum atomic E-state index is -0.280. The molecule has 0 heterocycles. The maximum Gasteiger partial charge on any atom is 0.252 e. The maximum absolute atomic E-state index is 12.2. The number of aliphatic hydroxyl groups excluding tert-OH is 1. The molecule has 0 unspecified atom stereocenters. The number of benzene rings is 1. The third-order valence-electron chi connectivity index (χ3n) is 2.37. The largest absolute Gasteiger partial charge is 0.395 e. The van der Waals surface area contributed by atoms with Gasteiger partial charge in [-0.1, -0.05) is 17.9 Å². The molecule has 3 nitrogen and oxygen atoms in total. The van der Waals surface area contributed by atoms with Crippen LogP contribution in [0, 0.1) is 18.8 Å². The fraction of sp³-hybridized carbons (Fsp3) is 0.438. The molecule has 0 fully saturated rings. The average Bonchev–Trinajstić information content (AvgIpc) is 2.27. The molecule has 0 aliphatic carbocycles. The molecule has 0 aliphatic heterocycles. The molecule has 0 saturated carbocycles. The molecule has 102 valence electrons. The van der Waals surface area contributed by atoms with Crippen molar-refractivity contribution in [2.75, 3.05) is 6.61 Å². The molecule has 1 amide bonds. The SMILES string of the molecule is Cc1ccc(C(=O)NC(C)(C)C)c(C#CCCO)c1. The van der Waals surface area contributed by atoms with E-state index in [2.05, 4.69) is 17.2 Å². The minimum Gasteiger partial charge on any atom is -0.395 e. The number of amides is 1. The van der Waals surface area contributed by atoms with Gasteiger partial charge in [0, 0.05) is 17.5 Å². The summed E-state index contributed by atoms with van der Waals surface area (Å²) in [5, 5.41) is 11.7. The van der Waals surface area contributed by atoms with Crippen LogP contribution in [0.4, 0.5) is 0 Å². The lowest BCUT2D eigenvalue weighted by Gasteiger charge is -2.21. The molecular weight excluding hydrogens is 238 g/mol. The zero-order valence-corrected chi connectivity index (χ0v) is 12.0. The van der Waals surface area contributed by atoms with Gasteiger partial charge in [-0.25, -0.2) is 0 Å². The van der Waals surface area contributed by atoms with E-state index in [0.29, 0.717) is 17.5 Å². The first-order valence-electron chi connectivity index (χ1n) is 6.36. The number of carbonyl (C=O) groups excluding carboxylic acids is 1. The molecule has 3 heteroatoms. The van der Waals surface area contributed by atoms with Crippen molar-refractivity contribution in [3.05, 3.63) is 34.9 Å². The van der Waals surface area contributed by atoms with Gasteiger partial charge in [-0.05, 0) is 45.4 Å². The van der Waals surface area contributed by atoms with Crippen molar-refractivity contribution in [2.24, 2.45) is 0 Å². The van der Waals surface area contributed by atoms with Gasteiger partial charge in [0.05, 0.1) is 12.2 Å². The van der Waals surface area contributed by atoms with Crippen molar-refractivity contribution in [3.8, 4) is 11.8 Å². The Bertz CT molecular complexity index is 516. The van der Waals surface area contributed by atoms with Crippen molar-refractivity contribution in [3.63, 3.8) is 0 Å². The van der Waals surface area contributed by atoms with Gasteiger partial charge in [0.2, 0.25) is 0 Å². The van der Waals surface area contributed by atoms with E-state index in [1.54, 1.807) is 6.07 Å². The third kappa shape index (κ3) is 5.15. The fourth-order valence-corrected chi connectivity index (χ4v) is 1.58. The van der Waals surface area contributed by atoms with E-state index < -0.39 is 0 Å². The van der Waals surface area contributed by atoms with Crippen LogP contribution in [0.15, 0.2) is 18.2 Å². The second-order valence-electron chi connectivity index (χ2n) is 5.53. The Morgan fingerprint density at radius 2 is 2.05 bits per heavy atom. The van der Waals surface area contributed by atoms with Crippen LogP contribution in [0.25, 0.3) is 0 Å². The second kappa shape index (κ2) is 6.40. The molecule has 0 spiro atoms. The summed E-state index contributed by atoms with van der Waals surface area (Å²) < 4.78 is 0. The molecular formula is C16H21NO2. The number of hydrogen-bond acceptors (Lipinski definition) is 2. The average molecular weight is 259 g/mol. The van der Waals surface area contributed by atoms with Crippen molar-refractivity contribution in [1.82, 2.24) is 5.32 Å². The summed E-state index contributed by atoms with van der Waals surface area (Å²) in [6.07, 6.45) is 0.411. The van der Waals surface area contributed by atoms with E-state index >= 15 is 0 Å². The Kier molecular flexibility index (Phi) is 5.14. The summed E-state index contributed by atoms with van der Waals surface area (Å²) in [5.41, 5.74) is 2.05. The third-order valence-corrected chi connectivity index (χ3v) is 2.37. The van der Waals surface area contributed by atoms with Gasteiger partial charge in [0.1, 0.15) is 0 Å². The Hall–Kier alpha value is -1.79. The predicted octanol–water partition coefficient (Wildman–Crippen LogP) is 2.26. The standard InChI is InChI=1S/C16H21NO2/c1-12-8-9-14(15(19)17-16(2,3)4)13(11-12)7-5-6-10-18/h8-9,11,18H,6,10H2,1-4H3,(H,17,19). The van der Waals surface area contributed by atoms with Gasteiger partial charge < -0.3 is 10.4 Å². The van der Waals surface area contributed by atoms with Crippen LogP contribution in [0.2, 0.25) is 0 Å². The molecule has 0 radical (unpaired) electrons. The summed E-state index contributed by atoms with van der Waals surface area (Å²) in [4.78, 5) is 12.2. The molecule has 0 atom stereocenters. The summed E-state index contributed by atoms with van der Waals surface area (Å²) in [7, 11) is 0. The van der Waals surface area contributed by atoms with Crippen LogP contribution in [0.1, 0.15) is 48.7 Å². The van der Waals surface area contributed by atoms with Crippen LogP contribution in [-0.4, -0.2) is 23.2 Å². The van der Waals surface area contributed by atoms with Crippen LogP contribution < -0.4 is 5.32 Å². The van der Waals surface area contributed by atoms with E-state index in [-0.39, 0.29) is 18.1 Å². The topological polar surface area (TPSA) is 49.3 Å². The van der Waals surface area contributed by atoms with E-state index in [1.165, 1.54) is 0 Å². The summed E-state index contributed by atoms with van der Waals surface area (Å²) >= 11 is 0. The molecule has 0 aromatic heterocycles. The quantitative estimate of drug-likeness (QED) is 0.800. The lowest BCUT2D eigenvalue weighted by molar-refractivity contribution is 0.0919. The normalized spacial score (nSPS) is 10.6. The lowest BCUT2D eigenvalue weighted by Crippen LogP contribution is -2.40. The van der Waals surface area contributed by atoms with E-state index in [4.69, 9.17) is 5.11 Å². The Morgan fingerprint density at radius 1 is 1.37 bits per heavy atom. The first-order chi connectivity index (χ1) is 8.83. The van der Waals surface area contributed by atoms with Gasteiger partial charge in [-0.15, -0.1) is 0 Å². The molecule has 19 heavy (non-hydrogen) atoms. The molecule has 0 aliphatic rings. The predicted molar refractivity (Wildman–Crippen MR) is 77.0 cm³/mol. The molecule has 0 saturated heterocycles. The van der Waals surface area contributed by atoms with Crippen LogP contribution in [-0.2, 0) is 0 Å².